The van der Waals surface area contributed by atoms with E-state index in [2.05, 4.69) is 0 Å². The van der Waals surface area contributed by atoms with Crippen molar-refractivity contribution < 1.29 is 14.6 Å². The smallest absolute Gasteiger partial charge is 0.168 e. The molecule has 0 bridgehead atoms. The molecule has 2 rings (SSSR count). The highest BCUT2D eigenvalue weighted by molar-refractivity contribution is 6.31. The van der Waals surface area contributed by atoms with Gasteiger partial charge < -0.3 is 14.6 Å². The van der Waals surface area contributed by atoms with E-state index < -0.39 is 0 Å². The van der Waals surface area contributed by atoms with Gasteiger partial charge >= 0.3 is 0 Å². The SMILES string of the molecule is COc1cc(O)c2cc(Cl)ccc2c1OC. The van der Waals surface area contributed by atoms with Crippen LogP contribution in [0.1, 0.15) is 0 Å². The first-order valence-electron chi connectivity index (χ1n) is 4.70. The molecule has 1 N–H and O–H groups in total. The van der Waals surface area contributed by atoms with Crippen LogP contribution in [0.15, 0.2) is 24.3 Å². The summed E-state index contributed by atoms with van der Waals surface area (Å²) in [5.74, 6) is 1.21. The van der Waals surface area contributed by atoms with Gasteiger partial charge in [0.25, 0.3) is 0 Å². The molecule has 0 aliphatic rings. The van der Waals surface area contributed by atoms with Crippen molar-refractivity contribution >= 4 is 22.4 Å². The largest absolute Gasteiger partial charge is 0.507 e. The van der Waals surface area contributed by atoms with Crippen molar-refractivity contribution in [2.24, 2.45) is 0 Å². The maximum absolute atomic E-state index is 9.83. The normalized spacial score (nSPS) is 10.4. The summed E-state index contributed by atoms with van der Waals surface area (Å²) in [5.41, 5.74) is 0. The van der Waals surface area contributed by atoms with Crippen molar-refractivity contribution in [1.29, 1.82) is 0 Å². The third-order valence-electron chi connectivity index (χ3n) is 2.42. The number of halogens is 1. The standard InChI is InChI=1S/C12H11ClO3/c1-15-11-6-10(14)9-5-7(13)3-4-8(9)12(11)16-2/h3-6,14H,1-2H3. The molecule has 16 heavy (non-hydrogen) atoms. The minimum Gasteiger partial charge on any atom is -0.507 e. The van der Waals surface area contributed by atoms with E-state index in [1.54, 1.807) is 25.3 Å². The molecule has 0 saturated heterocycles. The van der Waals surface area contributed by atoms with Crippen LogP contribution in [0.4, 0.5) is 0 Å². The molecule has 84 valence electrons. The number of fused-ring (bicyclic) bond motifs is 1. The predicted molar refractivity (Wildman–Crippen MR) is 63.7 cm³/mol. The Kier molecular flexibility index (Phi) is 2.79. The molecule has 4 heteroatoms. The number of aromatic hydroxyl groups is 1. The summed E-state index contributed by atoms with van der Waals surface area (Å²) in [6, 6.07) is 6.73. The van der Waals surface area contributed by atoms with Gasteiger partial charge in [-0.15, -0.1) is 0 Å². The van der Waals surface area contributed by atoms with Crippen LogP contribution >= 0.6 is 11.6 Å². The van der Waals surface area contributed by atoms with Gasteiger partial charge in [-0.2, -0.15) is 0 Å². The van der Waals surface area contributed by atoms with E-state index in [4.69, 9.17) is 21.1 Å². The third-order valence-corrected chi connectivity index (χ3v) is 2.65. The monoisotopic (exact) mass is 238 g/mol. The number of rotatable bonds is 2. The van der Waals surface area contributed by atoms with Gasteiger partial charge in [0.2, 0.25) is 0 Å². The molecule has 2 aromatic rings. The fraction of sp³-hybridized carbons (Fsp3) is 0.167. The van der Waals surface area contributed by atoms with Gasteiger partial charge in [0, 0.05) is 21.9 Å². The van der Waals surface area contributed by atoms with Crippen LogP contribution in [-0.2, 0) is 0 Å². The Morgan fingerprint density at radius 3 is 2.44 bits per heavy atom. The average Bonchev–Trinajstić information content (AvgIpc) is 2.29. The molecule has 0 heterocycles. The first-order chi connectivity index (χ1) is 7.67. The Labute approximate surface area is 98.2 Å². The van der Waals surface area contributed by atoms with E-state index in [1.165, 1.54) is 13.2 Å². The summed E-state index contributed by atoms with van der Waals surface area (Å²) >= 11 is 5.88. The second-order valence-electron chi connectivity index (χ2n) is 3.32. The van der Waals surface area contributed by atoms with Crippen molar-refractivity contribution in [2.75, 3.05) is 14.2 Å². The number of benzene rings is 2. The van der Waals surface area contributed by atoms with Crippen molar-refractivity contribution in [2.45, 2.75) is 0 Å². The van der Waals surface area contributed by atoms with Crippen molar-refractivity contribution in [1.82, 2.24) is 0 Å². The molecule has 0 atom stereocenters. The third kappa shape index (κ3) is 1.63. The molecule has 0 aliphatic carbocycles. The van der Waals surface area contributed by atoms with Gasteiger partial charge in [-0.05, 0) is 18.2 Å². The Hall–Kier alpha value is -1.61. The van der Waals surface area contributed by atoms with E-state index in [0.29, 0.717) is 21.9 Å². The van der Waals surface area contributed by atoms with Crippen LogP contribution in [0, 0.1) is 0 Å². The van der Waals surface area contributed by atoms with E-state index in [0.717, 1.165) is 5.39 Å². The second kappa shape index (κ2) is 4.10. The lowest BCUT2D eigenvalue weighted by Gasteiger charge is -2.12. The Bertz CT molecular complexity index is 537. The molecule has 0 unspecified atom stereocenters. The van der Waals surface area contributed by atoms with Crippen molar-refractivity contribution in [3.05, 3.63) is 29.3 Å². The topological polar surface area (TPSA) is 38.7 Å². The zero-order valence-electron chi connectivity index (χ0n) is 8.95. The number of methoxy groups -OCH3 is 2. The summed E-state index contributed by atoms with van der Waals surface area (Å²) in [6.07, 6.45) is 0. The van der Waals surface area contributed by atoms with Crippen LogP contribution in [0.5, 0.6) is 17.2 Å². The van der Waals surface area contributed by atoms with E-state index in [1.807, 2.05) is 0 Å². The highest BCUT2D eigenvalue weighted by atomic mass is 35.5. The molecule has 3 nitrogen and oxygen atoms in total. The molecule has 0 spiro atoms. The summed E-state index contributed by atoms with van der Waals surface area (Å²) in [4.78, 5) is 0. The number of phenols is 1. The van der Waals surface area contributed by atoms with Crippen LogP contribution in [0.3, 0.4) is 0 Å². The molecule has 0 aliphatic heterocycles. The summed E-state index contributed by atoms with van der Waals surface area (Å²) < 4.78 is 10.4. The minimum atomic E-state index is 0.121. The Morgan fingerprint density at radius 1 is 1.06 bits per heavy atom. The zero-order chi connectivity index (χ0) is 11.7. The van der Waals surface area contributed by atoms with Crippen molar-refractivity contribution in [3.63, 3.8) is 0 Å². The number of phenolic OH excluding ortho intramolecular Hbond substituents is 1. The average molecular weight is 239 g/mol. The molecule has 2 aromatic carbocycles. The molecule has 0 amide bonds. The maximum Gasteiger partial charge on any atom is 0.168 e. The lowest BCUT2D eigenvalue weighted by molar-refractivity contribution is 0.355. The Morgan fingerprint density at radius 2 is 1.81 bits per heavy atom. The molecular weight excluding hydrogens is 228 g/mol. The molecule has 0 aromatic heterocycles. The van der Waals surface area contributed by atoms with Gasteiger partial charge in [-0.25, -0.2) is 0 Å². The first kappa shape index (κ1) is 10.9. The second-order valence-corrected chi connectivity index (χ2v) is 3.76. The van der Waals surface area contributed by atoms with Gasteiger partial charge in [0.1, 0.15) is 5.75 Å². The fourth-order valence-corrected chi connectivity index (χ4v) is 1.86. The summed E-state index contributed by atoms with van der Waals surface area (Å²) in [7, 11) is 3.09. The summed E-state index contributed by atoms with van der Waals surface area (Å²) in [6.45, 7) is 0. The molecule has 0 saturated carbocycles. The van der Waals surface area contributed by atoms with Crippen LogP contribution < -0.4 is 9.47 Å². The highest BCUT2D eigenvalue weighted by Gasteiger charge is 2.12. The lowest BCUT2D eigenvalue weighted by atomic mass is 10.1. The maximum atomic E-state index is 9.83. The highest BCUT2D eigenvalue weighted by Crippen LogP contribution is 2.41. The lowest BCUT2D eigenvalue weighted by Crippen LogP contribution is -1.91. The number of ether oxygens (including phenoxy) is 2. The summed E-state index contributed by atoms with van der Waals surface area (Å²) in [5, 5.41) is 11.8. The predicted octanol–water partition coefficient (Wildman–Crippen LogP) is 3.22. The van der Waals surface area contributed by atoms with Gasteiger partial charge in [-0.3, -0.25) is 0 Å². The molecule has 0 fully saturated rings. The molecular formula is C12H11ClO3. The number of hydrogen-bond acceptors (Lipinski definition) is 3. The minimum absolute atomic E-state index is 0.121. The fourth-order valence-electron chi connectivity index (χ4n) is 1.69. The van der Waals surface area contributed by atoms with Gasteiger partial charge in [-0.1, -0.05) is 11.6 Å². The van der Waals surface area contributed by atoms with Crippen LogP contribution in [0.25, 0.3) is 10.8 Å². The number of hydrogen-bond donors (Lipinski definition) is 1. The van der Waals surface area contributed by atoms with Gasteiger partial charge in [0.05, 0.1) is 14.2 Å². The van der Waals surface area contributed by atoms with E-state index in [-0.39, 0.29) is 5.75 Å². The zero-order valence-corrected chi connectivity index (χ0v) is 9.71. The van der Waals surface area contributed by atoms with Crippen LogP contribution in [-0.4, -0.2) is 19.3 Å². The van der Waals surface area contributed by atoms with E-state index in [9.17, 15) is 5.11 Å². The quantitative estimate of drug-likeness (QED) is 0.873. The van der Waals surface area contributed by atoms with Crippen molar-refractivity contribution in [3.8, 4) is 17.2 Å². The van der Waals surface area contributed by atoms with E-state index >= 15 is 0 Å². The van der Waals surface area contributed by atoms with Crippen LogP contribution in [0.2, 0.25) is 5.02 Å². The van der Waals surface area contributed by atoms with Gasteiger partial charge in [0.15, 0.2) is 11.5 Å². The molecule has 0 radical (unpaired) electrons. The Balaban J connectivity index is 2.86. The first-order valence-corrected chi connectivity index (χ1v) is 5.08.